The van der Waals surface area contributed by atoms with Crippen LogP contribution in [0.5, 0.6) is 11.5 Å². The van der Waals surface area contributed by atoms with Crippen LogP contribution in [-0.2, 0) is 11.4 Å². The minimum atomic E-state index is -0.286. The first kappa shape index (κ1) is 21.6. The molecule has 32 heavy (non-hydrogen) atoms. The quantitative estimate of drug-likeness (QED) is 0.472. The molecule has 162 valence electrons. The van der Waals surface area contributed by atoms with E-state index in [-0.39, 0.29) is 11.7 Å². The van der Waals surface area contributed by atoms with E-state index in [0.717, 1.165) is 22.6 Å². The molecule has 0 aliphatic carbocycles. The summed E-state index contributed by atoms with van der Waals surface area (Å²) in [5.74, 6) is 0.908. The molecule has 1 aliphatic rings. The van der Waals surface area contributed by atoms with Gasteiger partial charge in [0, 0.05) is 5.56 Å². The summed E-state index contributed by atoms with van der Waals surface area (Å²) in [6, 6.07) is 21.0. The van der Waals surface area contributed by atoms with Gasteiger partial charge in [0.05, 0.1) is 17.2 Å². The largest absolute Gasteiger partial charge is 0.494 e. The number of para-hydroxylation sites is 1. The fraction of sp³-hybridized carbons (Fsp3) is 0.120. The molecule has 0 spiro atoms. The van der Waals surface area contributed by atoms with Crippen molar-refractivity contribution < 1.29 is 18.7 Å². The Labute approximate surface area is 190 Å². The Bertz CT molecular complexity index is 1160. The zero-order chi connectivity index (χ0) is 22.3. The number of nitrogens with zero attached hydrogens (tertiary/aromatic N) is 1. The third-order valence-corrected chi connectivity index (χ3v) is 5.45. The molecule has 0 atom stereocenters. The van der Waals surface area contributed by atoms with E-state index in [2.05, 4.69) is 10.3 Å². The number of hydrogen-bond donors (Lipinski definition) is 1. The number of amidine groups is 1. The van der Waals surface area contributed by atoms with Gasteiger partial charge in [-0.3, -0.25) is 4.79 Å². The minimum absolute atomic E-state index is 0.215. The van der Waals surface area contributed by atoms with Gasteiger partial charge in [-0.2, -0.15) is 0 Å². The monoisotopic (exact) mass is 448 g/mol. The lowest BCUT2D eigenvalue weighted by Gasteiger charge is -2.09. The normalized spacial score (nSPS) is 15.8. The minimum Gasteiger partial charge on any atom is -0.494 e. The molecule has 0 saturated carbocycles. The topological polar surface area (TPSA) is 59.9 Å². The highest BCUT2D eigenvalue weighted by Gasteiger charge is 2.24. The molecule has 0 radical (unpaired) electrons. The van der Waals surface area contributed by atoms with Gasteiger partial charge in [-0.15, -0.1) is 0 Å². The lowest BCUT2D eigenvalue weighted by molar-refractivity contribution is -0.115. The maximum absolute atomic E-state index is 13.1. The number of carbonyl (C=O) groups is 1. The van der Waals surface area contributed by atoms with Crippen LogP contribution in [0.15, 0.2) is 82.7 Å². The van der Waals surface area contributed by atoms with Crippen LogP contribution >= 0.6 is 11.8 Å². The van der Waals surface area contributed by atoms with Crippen molar-refractivity contribution in [3.8, 4) is 11.5 Å². The van der Waals surface area contributed by atoms with Crippen molar-refractivity contribution in [2.24, 2.45) is 4.99 Å². The molecule has 5 nitrogen and oxygen atoms in total. The second-order valence-corrected chi connectivity index (χ2v) is 7.89. The molecule has 1 N–H and O–H groups in total. The molecular formula is C25H21FN2O3S. The van der Waals surface area contributed by atoms with Crippen LogP contribution in [-0.4, -0.2) is 17.7 Å². The summed E-state index contributed by atoms with van der Waals surface area (Å²) in [6.45, 7) is 2.83. The molecule has 1 saturated heterocycles. The molecule has 1 amide bonds. The number of ether oxygens (including phenoxy) is 2. The van der Waals surface area contributed by atoms with Gasteiger partial charge in [0.15, 0.2) is 5.17 Å². The van der Waals surface area contributed by atoms with E-state index >= 15 is 0 Å². The summed E-state index contributed by atoms with van der Waals surface area (Å²) in [5.41, 5.74) is 2.35. The van der Waals surface area contributed by atoms with Crippen LogP contribution in [0.2, 0.25) is 0 Å². The third-order valence-electron chi connectivity index (χ3n) is 4.54. The summed E-state index contributed by atoms with van der Waals surface area (Å²) in [4.78, 5) is 17.5. The predicted molar refractivity (Wildman–Crippen MR) is 126 cm³/mol. The van der Waals surface area contributed by atoms with Crippen molar-refractivity contribution in [2.75, 3.05) is 6.61 Å². The molecule has 1 aliphatic heterocycles. The van der Waals surface area contributed by atoms with Crippen molar-refractivity contribution in [2.45, 2.75) is 13.5 Å². The number of halogens is 1. The number of benzene rings is 3. The first-order valence-corrected chi connectivity index (χ1v) is 10.9. The Hall–Kier alpha value is -3.58. The number of aliphatic imine (C=N–C) groups is 1. The van der Waals surface area contributed by atoms with E-state index in [1.165, 1.54) is 23.9 Å². The molecular weight excluding hydrogens is 427 g/mol. The van der Waals surface area contributed by atoms with E-state index in [4.69, 9.17) is 9.47 Å². The predicted octanol–water partition coefficient (Wildman–Crippen LogP) is 5.70. The number of nitrogens with one attached hydrogen (secondary N) is 1. The van der Waals surface area contributed by atoms with Crippen LogP contribution < -0.4 is 14.8 Å². The summed E-state index contributed by atoms with van der Waals surface area (Å²) < 4.78 is 24.4. The van der Waals surface area contributed by atoms with Crippen molar-refractivity contribution in [3.63, 3.8) is 0 Å². The molecule has 0 unspecified atom stereocenters. The van der Waals surface area contributed by atoms with E-state index < -0.39 is 0 Å². The van der Waals surface area contributed by atoms with Gasteiger partial charge in [-0.05, 0) is 72.8 Å². The van der Waals surface area contributed by atoms with Gasteiger partial charge in [0.2, 0.25) is 0 Å². The SMILES string of the molecule is CCOc1ccc(N=C2NC(=O)/C(=C\c3ccccc3OCc3ccc(F)cc3)S2)cc1. The van der Waals surface area contributed by atoms with Crippen LogP contribution in [0.4, 0.5) is 10.1 Å². The highest BCUT2D eigenvalue weighted by Crippen LogP contribution is 2.31. The number of rotatable bonds is 7. The van der Waals surface area contributed by atoms with Crippen LogP contribution in [0.1, 0.15) is 18.1 Å². The maximum atomic E-state index is 13.1. The Kier molecular flexibility index (Phi) is 6.87. The third kappa shape index (κ3) is 5.56. The Balaban J connectivity index is 1.48. The number of hydrogen-bond acceptors (Lipinski definition) is 5. The van der Waals surface area contributed by atoms with E-state index in [9.17, 15) is 9.18 Å². The van der Waals surface area contributed by atoms with E-state index in [0.29, 0.717) is 29.0 Å². The summed E-state index contributed by atoms with van der Waals surface area (Å²) in [6.07, 6.45) is 1.78. The van der Waals surface area contributed by atoms with Crippen molar-refractivity contribution in [1.29, 1.82) is 0 Å². The van der Waals surface area contributed by atoms with Gasteiger partial charge >= 0.3 is 0 Å². The average molecular weight is 449 g/mol. The van der Waals surface area contributed by atoms with Crippen molar-refractivity contribution in [3.05, 3.63) is 94.6 Å². The van der Waals surface area contributed by atoms with Crippen LogP contribution in [0, 0.1) is 5.82 Å². The first-order valence-electron chi connectivity index (χ1n) is 10.1. The highest BCUT2D eigenvalue weighted by molar-refractivity contribution is 8.18. The summed E-state index contributed by atoms with van der Waals surface area (Å²) in [5, 5.41) is 3.30. The maximum Gasteiger partial charge on any atom is 0.264 e. The van der Waals surface area contributed by atoms with Gasteiger partial charge in [-0.1, -0.05) is 30.3 Å². The fourth-order valence-electron chi connectivity index (χ4n) is 3.00. The Morgan fingerprint density at radius 3 is 2.50 bits per heavy atom. The molecule has 0 aromatic heterocycles. The summed E-state index contributed by atoms with van der Waals surface area (Å²) in [7, 11) is 0. The molecule has 1 fully saturated rings. The molecule has 4 rings (SSSR count). The van der Waals surface area contributed by atoms with Crippen LogP contribution in [0.25, 0.3) is 6.08 Å². The molecule has 3 aromatic carbocycles. The lowest BCUT2D eigenvalue weighted by atomic mass is 10.2. The van der Waals surface area contributed by atoms with Gasteiger partial charge in [0.1, 0.15) is 23.9 Å². The molecule has 0 bridgehead atoms. The highest BCUT2D eigenvalue weighted by atomic mass is 32.2. The van der Waals surface area contributed by atoms with Gasteiger partial charge in [0.25, 0.3) is 5.91 Å². The number of amides is 1. The Morgan fingerprint density at radius 2 is 1.75 bits per heavy atom. The van der Waals surface area contributed by atoms with E-state index in [1.807, 2.05) is 55.5 Å². The van der Waals surface area contributed by atoms with Crippen molar-refractivity contribution >= 4 is 34.6 Å². The zero-order valence-corrected chi connectivity index (χ0v) is 18.2. The number of thioether (sulfide) groups is 1. The molecule has 3 aromatic rings. The Morgan fingerprint density at radius 1 is 1.00 bits per heavy atom. The molecule has 7 heteroatoms. The second-order valence-electron chi connectivity index (χ2n) is 6.86. The fourth-order valence-corrected chi connectivity index (χ4v) is 3.83. The average Bonchev–Trinajstić information content (AvgIpc) is 3.14. The zero-order valence-electron chi connectivity index (χ0n) is 17.4. The number of carbonyl (C=O) groups excluding carboxylic acids is 1. The first-order chi connectivity index (χ1) is 15.6. The van der Waals surface area contributed by atoms with Crippen LogP contribution in [0.3, 0.4) is 0 Å². The van der Waals surface area contributed by atoms with Gasteiger partial charge < -0.3 is 14.8 Å². The van der Waals surface area contributed by atoms with Gasteiger partial charge in [-0.25, -0.2) is 9.38 Å². The molecule has 1 heterocycles. The summed E-state index contributed by atoms with van der Waals surface area (Å²) >= 11 is 1.27. The smallest absolute Gasteiger partial charge is 0.264 e. The standard InChI is InChI=1S/C25H21FN2O3S/c1-2-30-21-13-11-20(12-14-21)27-25-28-24(29)23(32-25)15-18-5-3-4-6-22(18)31-16-17-7-9-19(26)10-8-17/h3-15H,2,16H2,1H3,(H,27,28,29)/b23-15+. The second kappa shape index (κ2) is 10.2. The van der Waals surface area contributed by atoms with E-state index in [1.54, 1.807) is 18.2 Å². The van der Waals surface area contributed by atoms with Crippen molar-refractivity contribution in [1.82, 2.24) is 5.32 Å². The lowest BCUT2D eigenvalue weighted by Crippen LogP contribution is -2.19.